The van der Waals surface area contributed by atoms with Crippen molar-refractivity contribution in [3.8, 4) is 0 Å². The topological polar surface area (TPSA) is 62.7 Å². The van der Waals surface area contributed by atoms with Crippen LogP contribution < -0.4 is 5.32 Å². The largest absolute Gasteiger partial charge is 0.361 e. The van der Waals surface area contributed by atoms with Gasteiger partial charge < -0.3 is 10.3 Å². The highest BCUT2D eigenvalue weighted by molar-refractivity contribution is 6.30. The molecule has 0 aliphatic carbocycles. The Bertz CT molecular complexity index is 1070. The summed E-state index contributed by atoms with van der Waals surface area (Å²) < 4.78 is 1.79. The van der Waals surface area contributed by atoms with Crippen LogP contribution >= 0.6 is 11.6 Å². The zero-order chi connectivity index (χ0) is 18.6. The molecule has 136 valence electrons. The van der Waals surface area contributed by atoms with Crippen LogP contribution in [0.5, 0.6) is 0 Å². The lowest BCUT2D eigenvalue weighted by Crippen LogP contribution is -2.11. The fourth-order valence-corrected chi connectivity index (χ4v) is 3.23. The molecule has 0 bridgehead atoms. The molecule has 0 radical (unpaired) electrons. The van der Waals surface area contributed by atoms with Crippen molar-refractivity contribution in [2.45, 2.75) is 19.4 Å². The van der Waals surface area contributed by atoms with Crippen molar-refractivity contribution in [2.24, 2.45) is 0 Å². The third-order valence-electron chi connectivity index (χ3n) is 4.47. The van der Waals surface area contributed by atoms with Crippen LogP contribution in [-0.4, -0.2) is 20.7 Å². The minimum atomic E-state index is -0.0219. The van der Waals surface area contributed by atoms with Crippen LogP contribution in [0.15, 0.2) is 67.1 Å². The minimum absolute atomic E-state index is 0.0219. The van der Waals surface area contributed by atoms with Crippen molar-refractivity contribution in [1.82, 2.24) is 14.8 Å². The third-order valence-corrected chi connectivity index (χ3v) is 4.72. The quantitative estimate of drug-likeness (QED) is 0.513. The van der Waals surface area contributed by atoms with Crippen LogP contribution in [0.1, 0.15) is 17.5 Å². The van der Waals surface area contributed by atoms with E-state index in [9.17, 15) is 4.79 Å². The number of aryl methyl sites for hydroxylation is 1. The van der Waals surface area contributed by atoms with Gasteiger partial charge in [-0.2, -0.15) is 5.10 Å². The van der Waals surface area contributed by atoms with Gasteiger partial charge in [-0.15, -0.1) is 0 Å². The summed E-state index contributed by atoms with van der Waals surface area (Å²) in [5, 5.41) is 9.09. The summed E-state index contributed by atoms with van der Waals surface area (Å²) >= 11 is 5.90. The number of anilines is 1. The first-order valence-corrected chi connectivity index (χ1v) is 9.17. The Labute approximate surface area is 162 Å². The lowest BCUT2D eigenvalue weighted by Gasteiger charge is -2.03. The molecule has 0 fully saturated rings. The Hall–Kier alpha value is -3.05. The van der Waals surface area contributed by atoms with E-state index in [1.165, 1.54) is 5.39 Å². The minimum Gasteiger partial charge on any atom is -0.361 e. The molecule has 4 aromatic rings. The number of amides is 1. The number of para-hydroxylation sites is 1. The summed E-state index contributed by atoms with van der Waals surface area (Å²) in [6.07, 6.45) is 6.58. The zero-order valence-corrected chi connectivity index (χ0v) is 15.4. The predicted molar refractivity (Wildman–Crippen MR) is 108 cm³/mol. The number of aromatic amines is 1. The highest BCUT2D eigenvalue weighted by atomic mass is 35.5. The lowest BCUT2D eigenvalue weighted by atomic mass is 10.1. The molecule has 0 unspecified atom stereocenters. The maximum Gasteiger partial charge on any atom is 0.224 e. The number of H-pyrrole nitrogens is 1. The predicted octanol–water partition coefficient (Wildman–Crippen LogP) is 4.64. The number of nitrogens with zero attached hydrogens (tertiary/aromatic N) is 2. The van der Waals surface area contributed by atoms with Gasteiger partial charge in [0.25, 0.3) is 0 Å². The molecule has 6 heteroatoms. The number of carbonyl (C=O) groups is 1. The summed E-state index contributed by atoms with van der Waals surface area (Å²) in [5.41, 5.74) is 4.04. The molecule has 0 spiro atoms. The van der Waals surface area contributed by atoms with Gasteiger partial charge in [-0.05, 0) is 35.7 Å². The van der Waals surface area contributed by atoms with Crippen molar-refractivity contribution >= 4 is 34.1 Å². The van der Waals surface area contributed by atoms with E-state index in [0.29, 0.717) is 30.1 Å². The molecule has 0 aliphatic rings. The molecular weight excluding hydrogens is 360 g/mol. The summed E-state index contributed by atoms with van der Waals surface area (Å²) in [6, 6.07) is 15.7. The second-order valence-corrected chi connectivity index (χ2v) is 6.90. The Kier molecular flexibility index (Phi) is 4.94. The Morgan fingerprint density at radius 3 is 2.81 bits per heavy atom. The maximum atomic E-state index is 12.3. The summed E-state index contributed by atoms with van der Waals surface area (Å²) in [5.74, 6) is -0.0219. The molecule has 2 N–H and O–H groups in total. The summed E-state index contributed by atoms with van der Waals surface area (Å²) in [7, 11) is 0. The molecule has 2 aromatic heterocycles. The van der Waals surface area contributed by atoms with Gasteiger partial charge in [-0.3, -0.25) is 9.48 Å². The van der Waals surface area contributed by atoms with Gasteiger partial charge in [0, 0.05) is 34.7 Å². The van der Waals surface area contributed by atoms with Crippen molar-refractivity contribution < 1.29 is 4.79 Å². The van der Waals surface area contributed by atoms with E-state index in [0.717, 1.165) is 16.6 Å². The van der Waals surface area contributed by atoms with Gasteiger partial charge in [0.1, 0.15) is 0 Å². The van der Waals surface area contributed by atoms with Crippen LogP contribution in [0.4, 0.5) is 5.69 Å². The number of benzene rings is 2. The number of carbonyl (C=O) groups excluding carboxylic acids is 1. The third kappa shape index (κ3) is 4.20. The smallest absolute Gasteiger partial charge is 0.224 e. The SMILES string of the molecule is O=C(CCc1c[nH]c2ccccc12)Nc1cnn(Cc2ccc(Cl)cc2)c1. The van der Waals surface area contributed by atoms with Crippen LogP contribution in [0, 0.1) is 0 Å². The second-order valence-electron chi connectivity index (χ2n) is 6.46. The number of rotatable bonds is 6. The van der Waals surface area contributed by atoms with Crippen LogP contribution in [-0.2, 0) is 17.8 Å². The molecule has 27 heavy (non-hydrogen) atoms. The molecule has 0 saturated heterocycles. The van der Waals surface area contributed by atoms with E-state index in [1.54, 1.807) is 10.9 Å². The fraction of sp³-hybridized carbons (Fsp3) is 0.143. The lowest BCUT2D eigenvalue weighted by molar-refractivity contribution is -0.116. The van der Waals surface area contributed by atoms with Crippen molar-refractivity contribution in [3.63, 3.8) is 0 Å². The van der Waals surface area contributed by atoms with Gasteiger partial charge in [-0.25, -0.2) is 0 Å². The Morgan fingerprint density at radius 2 is 1.96 bits per heavy atom. The van der Waals surface area contributed by atoms with E-state index in [1.807, 2.05) is 54.9 Å². The molecule has 5 nitrogen and oxygen atoms in total. The number of fused-ring (bicyclic) bond motifs is 1. The molecule has 0 aliphatic heterocycles. The normalized spacial score (nSPS) is 11.0. The molecular formula is C21H19ClN4O. The monoisotopic (exact) mass is 378 g/mol. The van der Waals surface area contributed by atoms with Gasteiger partial charge in [-0.1, -0.05) is 41.9 Å². The first-order valence-electron chi connectivity index (χ1n) is 8.79. The van der Waals surface area contributed by atoms with E-state index < -0.39 is 0 Å². The molecule has 0 atom stereocenters. The highest BCUT2D eigenvalue weighted by Gasteiger charge is 2.08. The molecule has 1 amide bonds. The maximum absolute atomic E-state index is 12.3. The molecule has 2 aromatic carbocycles. The highest BCUT2D eigenvalue weighted by Crippen LogP contribution is 2.19. The standard InChI is InChI=1S/C21H19ClN4O/c22-17-8-5-15(6-9-17)13-26-14-18(12-24-26)25-21(27)10-7-16-11-23-20-4-2-1-3-19(16)20/h1-6,8-9,11-12,14,23H,7,10,13H2,(H,25,27). The van der Waals surface area contributed by atoms with Gasteiger partial charge in [0.2, 0.25) is 5.91 Å². The number of nitrogens with one attached hydrogen (secondary N) is 2. The van der Waals surface area contributed by atoms with Crippen molar-refractivity contribution in [1.29, 1.82) is 0 Å². The van der Waals surface area contributed by atoms with Crippen molar-refractivity contribution in [3.05, 3.63) is 83.3 Å². The molecule has 4 rings (SSSR count). The van der Waals surface area contributed by atoms with Crippen LogP contribution in [0.2, 0.25) is 5.02 Å². The Morgan fingerprint density at radius 1 is 1.15 bits per heavy atom. The number of hydrogen-bond acceptors (Lipinski definition) is 2. The Balaban J connectivity index is 1.33. The average Bonchev–Trinajstić information content (AvgIpc) is 3.29. The molecule has 2 heterocycles. The van der Waals surface area contributed by atoms with Gasteiger partial charge in [0.05, 0.1) is 18.4 Å². The molecule has 0 saturated carbocycles. The van der Waals surface area contributed by atoms with Crippen molar-refractivity contribution in [2.75, 3.05) is 5.32 Å². The average molecular weight is 379 g/mol. The number of hydrogen-bond donors (Lipinski definition) is 2. The zero-order valence-electron chi connectivity index (χ0n) is 14.7. The van der Waals surface area contributed by atoms with Crippen LogP contribution in [0.3, 0.4) is 0 Å². The summed E-state index contributed by atoms with van der Waals surface area (Å²) in [4.78, 5) is 15.5. The van der Waals surface area contributed by atoms with Gasteiger partial charge >= 0.3 is 0 Å². The number of aromatic nitrogens is 3. The fourth-order valence-electron chi connectivity index (χ4n) is 3.10. The van der Waals surface area contributed by atoms with Gasteiger partial charge in [0.15, 0.2) is 0 Å². The van der Waals surface area contributed by atoms with E-state index >= 15 is 0 Å². The second kappa shape index (κ2) is 7.68. The van der Waals surface area contributed by atoms with E-state index in [2.05, 4.69) is 21.5 Å². The van der Waals surface area contributed by atoms with E-state index in [-0.39, 0.29) is 5.91 Å². The first-order chi connectivity index (χ1) is 13.2. The van der Waals surface area contributed by atoms with Crippen LogP contribution in [0.25, 0.3) is 10.9 Å². The first kappa shape index (κ1) is 17.4. The number of halogens is 1. The summed E-state index contributed by atoms with van der Waals surface area (Å²) in [6.45, 7) is 0.627. The van der Waals surface area contributed by atoms with E-state index in [4.69, 9.17) is 11.6 Å².